The molecular weight excluding hydrogens is 284 g/mol. The highest BCUT2D eigenvalue weighted by molar-refractivity contribution is 7.99. The molecule has 2 N–H and O–H groups in total. The van der Waals surface area contributed by atoms with Crippen LogP contribution in [0, 0.1) is 13.8 Å². The lowest BCUT2D eigenvalue weighted by Gasteiger charge is -2.19. The van der Waals surface area contributed by atoms with Gasteiger partial charge in [0.2, 0.25) is 0 Å². The van der Waals surface area contributed by atoms with Crippen LogP contribution in [0.1, 0.15) is 29.7 Å². The Morgan fingerprint density at radius 2 is 2.00 bits per heavy atom. The third-order valence-corrected chi connectivity index (χ3v) is 4.44. The molecule has 6 heteroatoms. The van der Waals surface area contributed by atoms with Crippen molar-refractivity contribution < 1.29 is 0 Å². The summed E-state index contributed by atoms with van der Waals surface area (Å²) in [7, 11) is 1.73. The number of nitrogens with zero attached hydrogens (tertiary/aromatic N) is 2. The number of aromatic nitrogens is 3. The van der Waals surface area contributed by atoms with Crippen molar-refractivity contribution in [3.63, 3.8) is 0 Å². The molecule has 1 aromatic carbocycles. The van der Waals surface area contributed by atoms with Crippen molar-refractivity contribution in [2.24, 2.45) is 7.05 Å². The van der Waals surface area contributed by atoms with Gasteiger partial charge in [0.05, 0.1) is 0 Å². The maximum atomic E-state index is 11.4. The number of hydrogen-bond acceptors (Lipinski definition) is 4. The van der Waals surface area contributed by atoms with E-state index in [-0.39, 0.29) is 11.7 Å². The van der Waals surface area contributed by atoms with Gasteiger partial charge in [0, 0.05) is 18.8 Å². The van der Waals surface area contributed by atoms with Crippen LogP contribution < -0.4 is 11.0 Å². The molecule has 0 aliphatic rings. The zero-order valence-corrected chi connectivity index (χ0v) is 13.8. The fourth-order valence-corrected chi connectivity index (χ4v) is 3.36. The minimum atomic E-state index is -0.177. The van der Waals surface area contributed by atoms with Crippen LogP contribution in [0.15, 0.2) is 28.2 Å². The second kappa shape index (κ2) is 6.95. The highest BCUT2D eigenvalue weighted by Gasteiger charge is 2.14. The zero-order chi connectivity index (χ0) is 15.4. The summed E-state index contributed by atoms with van der Waals surface area (Å²) in [5.41, 5.74) is 3.64. The van der Waals surface area contributed by atoms with Crippen molar-refractivity contribution in [3.8, 4) is 0 Å². The van der Waals surface area contributed by atoms with Crippen molar-refractivity contribution in [1.29, 1.82) is 0 Å². The van der Waals surface area contributed by atoms with E-state index in [0.717, 1.165) is 12.3 Å². The minimum absolute atomic E-state index is 0.177. The van der Waals surface area contributed by atoms with Gasteiger partial charge in [0.1, 0.15) is 0 Å². The van der Waals surface area contributed by atoms with Crippen molar-refractivity contribution in [2.75, 3.05) is 12.3 Å². The summed E-state index contributed by atoms with van der Waals surface area (Å²) < 4.78 is 1.54. The molecule has 5 nitrogen and oxygen atoms in total. The number of nitrogens with one attached hydrogen (secondary N) is 2. The predicted molar refractivity (Wildman–Crippen MR) is 86.9 cm³/mol. The summed E-state index contributed by atoms with van der Waals surface area (Å²) in [5, 5.41) is 10.7. The molecular formula is C15H22N4OS. The second-order valence-electron chi connectivity index (χ2n) is 5.21. The Bertz CT molecular complexity index is 642. The standard InChI is InChI=1S/C15H22N4OS/c1-5-16-13(12-7-10(2)6-11(3)8-12)9-21-15-18-17-14(20)19(15)4/h6-8,13,16H,5,9H2,1-4H3,(H,17,20). The molecule has 114 valence electrons. The molecule has 0 spiro atoms. The Kier molecular flexibility index (Phi) is 5.25. The summed E-state index contributed by atoms with van der Waals surface area (Å²) in [6, 6.07) is 6.84. The molecule has 0 amide bonds. The average molecular weight is 306 g/mol. The highest BCUT2D eigenvalue weighted by atomic mass is 32.2. The average Bonchev–Trinajstić information content (AvgIpc) is 2.74. The summed E-state index contributed by atoms with van der Waals surface area (Å²) in [6.45, 7) is 7.23. The van der Waals surface area contributed by atoms with Gasteiger partial charge in [-0.3, -0.25) is 4.57 Å². The summed E-state index contributed by atoms with van der Waals surface area (Å²) in [6.07, 6.45) is 0. The lowest BCUT2D eigenvalue weighted by molar-refractivity contribution is 0.604. The van der Waals surface area contributed by atoms with Crippen LogP contribution in [-0.4, -0.2) is 27.1 Å². The fraction of sp³-hybridized carbons (Fsp3) is 0.467. The molecule has 0 fully saturated rings. The van der Waals surface area contributed by atoms with Crippen molar-refractivity contribution in [2.45, 2.75) is 32.0 Å². The number of aromatic amines is 1. The Morgan fingerprint density at radius 1 is 1.33 bits per heavy atom. The number of aryl methyl sites for hydroxylation is 2. The van der Waals surface area contributed by atoms with E-state index in [1.54, 1.807) is 18.8 Å². The Hall–Kier alpha value is -1.53. The number of benzene rings is 1. The second-order valence-corrected chi connectivity index (χ2v) is 6.20. The fourth-order valence-electron chi connectivity index (χ4n) is 2.35. The molecule has 2 aromatic rings. The number of thioether (sulfide) groups is 1. The van der Waals surface area contributed by atoms with E-state index in [1.807, 2.05) is 0 Å². The zero-order valence-electron chi connectivity index (χ0n) is 12.9. The van der Waals surface area contributed by atoms with E-state index >= 15 is 0 Å². The summed E-state index contributed by atoms with van der Waals surface area (Å²) in [5.74, 6) is 0.828. The van der Waals surface area contributed by atoms with E-state index in [9.17, 15) is 4.79 Å². The SMILES string of the molecule is CCNC(CSc1n[nH]c(=O)n1C)c1cc(C)cc(C)c1. The van der Waals surface area contributed by atoms with Crippen molar-refractivity contribution >= 4 is 11.8 Å². The van der Waals surface area contributed by atoms with Crippen molar-refractivity contribution in [3.05, 3.63) is 45.4 Å². The summed E-state index contributed by atoms with van der Waals surface area (Å²) in [4.78, 5) is 11.4. The van der Waals surface area contributed by atoms with Crippen LogP contribution in [0.25, 0.3) is 0 Å². The van der Waals surface area contributed by atoms with Gasteiger partial charge in [-0.25, -0.2) is 9.89 Å². The van der Waals surface area contributed by atoms with E-state index in [4.69, 9.17) is 0 Å². The van der Waals surface area contributed by atoms with Crippen LogP contribution in [0.4, 0.5) is 0 Å². The molecule has 0 radical (unpaired) electrons. The molecule has 0 saturated heterocycles. The van der Waals surface area contributed by atoms with Crippen LogP contribution >= 0.6 is 11.8 Å². The quantitative estimate of drug-likeness (QED) is 0.803. The topological polar surface area (TPSA) is 62.7 Å². The smallest absolute Gasteiger partial charge is 0.309 e. The molecule has 0 saturated carbocycles. The third-order valence-electron chi connectivity index (χ3n) is 3.31. The van der Waals surface area contributed by atoms with E-state index in [2.05, 4.69) is 54.5 Å². The van der Waals surface area contributed by atoms with E-state index in [0.29, 0.717) is 5.16 Å². The molecule has 0 aliphatic carbocycles. The number of rotatable bonds is 6. The van der Waals surface area contributed by atoms with E-state index < -0.39 is 0 Å². The first-order chi connectivity index (χ1) is 10.0. The molecule has 1 atom stereocenters. The van der Waals surface area contributed by atoms with Gasteiger partial charge < -0.3 is 5.32 Å². The molecule has 21 heavy (non-hydrogen) atoms. The van der Waals surface area contributed by atoms with Crippen LogP contribution in [0.3, 0.4) is 0 Å². The van der Waals surface area contributed by atoms with Crippen LogP contribution in [-0.2, 0) is 7.05 Å². The maximum Gasteiger partial charge on any atom is 0.343 e. The first kappa shape index (κ1) is 15.9. The molecule has 1 heterocycles. The lowest BCUT2D eigenvalue weighted by Crippen LogP contribution is -2.23. The predicted octanol–water partition coefficient (Wildman–Crippen LogP) is 2.17. The third kappa shape index (κ3) is 3.98. The molecule has 0 bridgehead atoms. The van der Waals surface area contributed by atoms with Gasteiger partial charge >= 0.3 is 5.69 Å². The Morgan fingerprint density at radius 3 is 2.52 bits per heavy atom. The highest BCUT2D eigenvalue weighted by Crippen LogP contribution is 2.24. The first-order valence-corrected chi connectivity index (χ1v) is 8.05. The summed E-state index contributed by atoms with van der Waals surface area (Å²) >= 11 is 1.58. The Balaban J connectivity index is 2.15. The lowest BCUT2D eigenvalue weighted by atomic mass is 10.0. The van der Waals surface area contributed by atoms with Gasteiger partial charge in [-0.15, -0.1) is 5.10 Å². The van der Waals surface area contributed by atoms with Crippen LogP contribution in [0.5, 0.6) is 0 Å². The normalized spacial score (nSPS) is 12.6. The Labute approximate surface area is 129 Å². The van der Waals surface area contributed by atoms with E-state index in [1.165, 1.54) is 21.3 Å². The van der Waals surface area contributed by atoms with Crippen LogP contribution in [0.2, 0.25) is 0 Å². The van der Waals surface area contributed by atoms with Gasteiger partial charge in [0.15, 0.2) is 5.16 Å². The van der Waals surface area contributed by atoms with Gasteiger partial charge in [-0.2, -0.15) is 0 Å². The molecule has 0 aliphatic heterocycles. The largest absolute Gasteiger partial charge is 0.343 e. The minimum Gasteiger partial charge on any atom is -0.309 e. The maximum absolute atomic E-state index is 11.4. The van der Waals surface area contributed by atoms with Gasteiger partial charge in [-0.05, 0) is 26.0 Å². The monoisotopic (exact) mass is 306 g/mol. The molecule has 2 rings (SSSR count). The van der Waals surface area contributed by atoms with Crippen molar-refractivity contribution in [1.82, 2.24) is 20.1 Å². The first-order valence-electron chi connectivity index (χ1n) is 7.07. The molecule has 1 unspecified atom stereocenters. The van der Waals surface area contributed by atoms with Gasteiger partial charge in [0.25, 0.3) is 0 Å². The number of H-pyrrole nitrogens is 1. The molecule has 1 aromatic heterocycles. The van der Waals surface area contributed by atoms with Gasteiger partial charge in [-0.1, -0.05) is 48.0 Å². The number of hydrogen-bond donors (Lipinski definition) is 2.